The fourth-order valence-corrected chi connectivity index (χ4v) is 2.52. The van der Waals surface area contributed by atoms with Crippen molar-refractivity contribution < 1.29 is 22.5 Å². The minimum atomic E-state index is -1.61. The number of aryl methyl sites for hydroxylation is 1. The second-order valence-corrected chi connectivity index (χ2v) is 5.56. The third kappa shape index (κ3) is 3.23. The summed E-state index contributed by atoms with van der Waals surface area (Å²) in [7, 11) is 0. The Hall–Kier alpha value is -2.80. The quantitative estimate of drug-likeness (QED) is 0.666. The summed E-state index contributed by atoms with van der Waals surface area (Å²) in [6.07, 6.45) is 0. The van der Waals surface area contributed by atoms with Gasteiger partial charge >= 0.3 is 0 Å². The SMILES string of the molecule is Cc1onc(-c2ccccc2Cl)c1C(=O)Nc1cc(F)c(F)c(F)c1. The number of carbonyl (C=O) groups is 1. The second kappa shape index (κ2) is 6.60. The van der Waals surface area contributed by atoms with Crippen LogP contribution in [0.25, 0.3) is 11.3 Å². The first-order valence-electron chi connectivity index (χ1n) is 7.05. The zero-order valence-corrected chi connectivity index (χ0v) is 13.5. The number of benzene rings is 2. The Morgan fingerprint density at radius 3 is 2.44 bits per heavy atom. The summed E-state index contributed by atoms with van der Waals surface area (Å²) >= 11 is 6.11. The van der Waals surface area contributed by atoms with Gasteiger partial charge in [-0.05, 0) is 13.0 Å². The standard InChI is InChI=1S/C17H10ClF3N2O2/c1-8-14(16(23-25-8)10-4-2-3-5-11(10)18)17(24)22-9-6-12(19)15(21)13(20)7-9/h2-7H,1H3,(H,22,24). The number of nitrogens with one attached hydrogen (secondary N) is 1. The maximum absolute atomic E-state index is 13.3. The summed E-state index contributed by atoms with van der Waals surface area (Å²) in [5.74, 6) is -4.97. The molecule has 1 amide bonds. The van der Waals surface area contributed by atoms with Gasteiger partial charge < -0.3 is 9.84 Å². The first-order chi connectivity index (χ1) is 11.9. The molecule has 0 atom stereocenters. The van der Waals surface area contributed by atoms with Crippen LogP contribution in [0.3, 0.4) is 0 Å². The lowest BCUT2D eigenvalue weighted by Gasteiger charge is -2.07. The molecule has 8 heteroatoms. The van der Waals surface area contributed by atoms with Crippen LogP contribution >= 0.6 is 11.6 Å². The van der Waals surface area contributed by atoms with E-state index in [-0.39, 0.29) is 22.7 Å². The van der Waals surface area contributed by atoms with Gasteiger partial charge in [-0.1, -0.05) is 35.0 Å². The number of halogens is 4. The highest BCUT2D eigenvalue weighted by Gasteiger charge is 2.23. The lowest BCUT2D eigenvalue weighted by atomic mass is 10.1. The number of hydrogen-bond acceptors (Lipinski definition) is 3. The molecule has 1 aromatic heterocycles. The number of hydrogen-bond donors (Lipinski definition) is 1. The molecule has 0 saturated carbocycles. The van der Waals surface area contributed by atoms with Crippen molar-refractivity contribution in [1.29, 1.82) is 0 Å². The van der Waals surface area contributed by atoms with Gasteiger partial charge in [0.2, 0.25) is 0 Å². The summed E-state index contributed by atoms with van der Waals surface area (Å²) in [6.45, 7) is 1.51. The van der Waals surface area contributed by atoms with Crippen LogP contribution in [-0.4, -0.2) is 11.1 Å². The van der Waals surface area contributed by atoms with Crippen LogP contribution in [0.15, 0.2) is 40.9 Å². The Balaban J connectivity index is 1.99. The lowest BCUT2D eigenvalue weighted by Crippen LogP contribution is -2.14. The van der Waals surface area contributed by atoms with Gasteiger partial charge in [0.25, 0.3) is 5.91 Å². The minimum Gasteiger partial charge on any atom is -0.360 e. The van der Waals surface area contributed by atoms with E-state index in [1.807, 2.05) is 0 Å². The number of anilines is 1. The van der Waals surface area contributed by atoms with Gasteiger partial charge in [-0.15, -0.1) is 0 Å². The molecule has 0 radical (unpaired) electrons. The number of aromatic nitrogens is 1. The Morgan fingerprint density at radius 1 is 1.16 bits per heavy atom. The molecule has 3 rings (SSSR count). The first-order valence-corrected chi connectivity index (χ1v) is 7.43. The van der Waals surface area contributed by atoms with E-state index in [1.165, 1.54) is 6.92 Å². The van der Waals surface area contributed by atoms with E-state index < -0.39 is 23.4 Å². The van der Waals surface area contributed by atoms with Gasteiger partial charge in [-0.2, -0.15) is 0 Å². The van der Waals surface area contributed by atoms with E-state index in [4.69, 9.17) is 16.1 Å². The van der Waals surface area contributed by atoms with Gasteiger partial charge in [0.1, 0.15) is 17.0 Å². The Kier molecular flexibility index (Phi) is 4.50. The summed E-state index contributed by atoms with van der Waals surface area (Å²) in [4.78, 5) is 12.5. The number of rotatable bonds is 3. The largest absolute Gasteiger partial charge is 0.360 e. The van der Waals surface area contributed by atoms with Crippen molar-refractivity contribution in [1.82, 2.24) is 5.16 Å². The molecule has 0 spiro atoms. The fraction of sp³-hybridized carbons (Fsp3) is 0.0588. The molecule has 128 valence electrons. The smallest absolute Gasteiger partial charge is 0.261 e. The summed E-state index contributed by atoms with van der Waals surface area (Å²) in [6, 6.07) is 8.03. The molecule has 1 heterocycles. The van der Waals surface area contributed by atoms with E-state index in [9.17, 15) is 18.0 Å². The van der Waals surface area contributed by atoms with E-state index in [2.05, 4.69) is 10.5 Å². The zero-order valence-electron chi connectivity index (χ0n) is 12.7. The van der Waals surface area contributed by atoms with Crippen LogP contribution in [0, 0.1) is 24.4 Å². The van der Waals surface area contributed by atoms with Gasteiger partial charge in [-0.25, -0.2) is 13.2 Å². The van der Waals surface area contributed by atoms with E-state index in [1.54, 1.807) is 24.3 Å². The zero-order chi connectivity index (χ0) is 18.1. The number of carbonyl (C=O) groups excluding carboxylic acids is 1. The number of nitrogens with zero attached hydrogens (tertiary/aromatic N) is 1. The predicted octanol–water partition coefficient (Wildman–Crippen LogP) is 4.97. The molecule has 1 N–H and O–H groups in total. The topological polar surface area (TPSA) is 55.1 Å². The summed E-state index contributed by atoms with van der Waals surface area (Å²) in [5, 5.41) is 6.48. The molecule has 3 aromatic rings. The molecular formula is C17H10ClF3N2O2. The maximum atomic E-state index is 13.3. The van der Waals surface area contributed by atoms with Crippen LogP contribution in [0.4, 0.5) is 18.9 Å². The molecule has 0 aliphatic rings. The second-order valence-electron chi connectivity index (χ2n) is 5.15. The molecule has 4 nitrogen and oxygen atoms in total. The van der Waals surface area contributed by atoms with Crippen LogP contribution in [-0.2, 0) is 0 Å². The summed E-state index contributed by atoms with van der Waals surface area (Å²) in [5.41, 5.74) is 0.455. The molecule has 0 saturated heterocycles. The van der Waals surface area contributed by atoms with Gasteiger partial charge in [0.05, 0.1) is 5.02 Å². The van der Waals surface area contributed by atoms with Crippen molar-refractivity contribution in [2.24, 2.45) is 0 Å². The Labute approximate surface area is 145 Å². The van der Waals surface area contributed by atoms with Crippen molar-refractivity contribution >= 4 is 23.2 Å². The van der Waals surface area contributed by atoms with Crippen molar-refractivity contribution in [2.75, 3.05) is 5.32 Å². The van der Waals surface area contributed by atoms with Crippen molar-refractivity contribution in [3.63, 3.8) is 0 Å². The van der Waals surface area contributed by atoms with E-state index in [0.29, 0.717) is 22.7 Å². The van der Waals surface area contributed by atoms with Crippen LogP contribution < -0.4 is 5.32 Å². The lowest BCUT2D eigenvalue weighted by molar-refractivity contribution is 0.102. The summed E-state index contributed by atoms with van der Waals surface area (Å²) < 4.78 is 44.7. The Morgan fingerprint density at radius 2 is 1.80 bits per heavy atom. The molecular weight excluding hydrogens is 357 g/mol. The third-order valence-electron chi connectivity index (χ3n) is 3.46. The first kappa shape index (κ1) is 17.0. The van der Waals surface area contributed by atoms with Crippen molar-refractivity contribution in [3.8, 4) is 11.3 Å². The molecule has 0 aliphatic heterocycles. The van der Waals surface area contributed by atoms with Crippen LogP contribution in [0.1, 0.15) is 16.1 Å². The predicted molar refractivity (Wildman–Crippen MR) is 86.0 cm³/mol. The van der Waals surface area contributed by atoms with E-state index >= 15 is 0 Å². The van der Waals surface area contributed by atoms with Gasteiger partial charge in [0, 0.05) is 23.4 Å². The molecule has 0 unspecified atom stereocenters. The Bertz CT molecular complexity index is 949. The van der Waals surface area contributed by atoms with Crippen molar-refractivity contribution in [2.45, 2.75) is 6.92 Å². The van der Waals surface area contributed by atoms with Gasteiger partial charge in [-0.3, -0.25) is 4.79 Å². The monoisotopic (exact) mass is 366 g/mol. The highest BCUT2D eigenvalue weighted by atomic mass is 35.5. The van der Waals surface area contributed by atoms with Crippen LogP contribution in [0.2, 0.25) is 5.02 Å². The van der Waals surface area contributed by atoms with E-state index in [0.717, 1.165) is 0 Å². The van der Waals surface area contributed by atoms with Gasteiger partial charge in [0.15, 0.2) is 17.5 Å². The minimum absolute atomic E-state index is 0.0539. The highest BCUT2D eigenvalue weighted by Crippen LogP contribution is 2.31. The average molecular weight is 367 g/mol. The third-order valence-corrected chi connectivity index (χ3v) is 3.79. The molecule has 0 aliphatic carbocycles. The fourth-order valence-electron chi connectivity index (χ4n) is 2.30. The van der Waals surface area contributed by atoms with Crippen molar-refractivity contribution in [3.05, 3.63) is 70.2 Å². The molecule has 0 fully saturated rings. The average Bonchev–Trinajstić information content (AvgIpc) is 2.94. The molecule has 2 aromatic carbocycles. The maximum Gasteiger partial charge on any atom is 0.261 e. The molecule has 25 heavy (non-hydrogen) atoms. The number of amides is 1. The normalized spacial score (nSPS) is 10.8. The van der Waals surface area contributed by atoms with Crippen LogP contribution in [0.5, 0.6) is 0 Å². The highest BCUT2D eigenvalue weighted by molar-refractivity contribution is 6.33. The molecule has 0 bridgehead atoms.